The molecule has 0 aliphatic carbocycles. The average molecular weight is 272 g/mol. The van der Waals surface area contributed by atoms with Gasteiger partial charge in [0.1, 0.15) is 0 Å². The van der Waals surface area contributed by atoms with Gasteiger partial charge in [0.15, 0.2) is 0 Å². The lowest BCUT2D eigenvalue weighted by atomic mass is 9.85. The van der Waals surface area contributed by atoms with E-state index in [0.717, 1.165) is 13.1 Å². The van der Waals surface area contributed by atoms with E-state index in [1.54, 1.807) is 0 Å². The van der Waals surface area contributed by atoms with E-state index in [1.165, 1.54) is 12.8 Å². The Balaban J connectivity index is 1.77. The maximum Gasteiger partial charge on any atom is 0.222 e. The molecule has 0 aromatic carbocycles. The van der Waals surface area contributed by atoms with Gasteiger partial charge < -0.3 is 10.2 Å². The smallest absolute Gasteiger partial charge is 0.222 e. The minimum Gasteiger partial charge on any atom is -0.341 e. The molecule has 0 aromatic heterocycles. The summed E-state index contributed by atoms with van der Waals surface area (Å²) in [5.74, 6) is 2.67. The summed E-state index contributed by atoms with van der Waals surface area (Å²) in [6, 6.07) is 0. The van der Waals surface area contributed by atoms with Crippen LogP contribution in [0.1, 0.15) is 26.2 Å². The van der Waals surface area contributed by atoms with Crippen molar-refractivity contribution in [1.82, 2.24) is 10.2 Å². The highest BCUT2D eigenvalue weighted by Crippen LogP contribution is 2.23. The maximum absolute atomic E-state index is 12.2. The zero-order valence-corrected chi connectivity index (χ0v) is 12.0. The lowest BCUT2D eigenvalue weighted by Crippen LogP contribution is -2.43. The van der Waals surface area contributed by atoms with Gasteiger partial charge in [-0.05, 0) is 37.8 Å². The Labute approximate surface area is 112 Å². The van der Waals surface area contributed by atoms with E-state index >= 15 is 0 Å². The zero-order valence-electron chi connectivity index (χ0n) is 11.2. The first kappa shape index (κ1) is 14.0. The van der Waals surface area contributed by atoms with E-state index in [-0.39, 0.29) is 5.91 Å². The Morgan fingerprint density at radius 2 is 2.17 bits per heavy atom. The van der Waals surface area contributed by atoms with Gasteiger partial charge in [-0.25, -0.2) is 0 Å². The van der Waals surface area contributed by atoms with Crippen LogP contribution in [0.4, 0.5) is 0 Å². The van der Waals surface area contributed by atoms with Crippen molar-refractivity contribution >= 4 is 16.7 Å². The number of nitrogens with one attached hydrogen (secondary N) is 1. The van der Waals surface area contributed by atoms with Crippen LogP contribution < -0.4 is 5.32 Å². The molecule has 2 fully saturated rings. The van der Waals surface area contributed by atoms with Gasteiger partial charge in [-0.15, -0.1) is 0 Å². The van der Waals surface area contributed by atoms with Crippen LogP contribution in [0, 0.1) is 11.8 Å². The van der Waals surface area contributed by atoms with E-state index in [9.17, 15) is 9.00 Å². The van der Waals surface area contributed by atoms with Crippen LogP contribution in [-0.4, -0.2) is 52.7 Å². The quantitative estimate of drug-likeness (QED) is 0.818. The van der Waals surface area contributed by atoms with Gasteiger partial charge in [-0.1, -0.05) is 6.92 Å². The molecule has 5 heteroatoms. The van der Waals surface area contributed by atoms with E-state index in [0.29, 0.717) is 42.9 Å². The predicted octanol–water partition coefficient (Wildman–Crippen LogP) is 0.603. The first-order chi connectivity index (χ1) is 8.66. The largest absolute Gasteiger partial charge is 0.341 e. The first-order valence-corrected chi connectivity index (χ1v) is 8.49. The second-order valence-corrected chi connectivity index (χ2v) is 7.21. The van der Waals surface area contributed by atoms with Crippen LogP contribution >= 0.6 is 0 Å². The molecule has 2 unspecified atom stereocenters. The number of piperidine rings is 1. The molecule has 0 aromatic rings. The van der Waals surface area contributed by atoms with Crippen LogP contribution in [0.25, 0.3) is 0 Å². The number of nitrogens with zero attached hydrogens (tertiary/aromatic N) is 1. The highest BCUT2D eigenvalue weighted by molar-refractivity contribution is 7.85. The van der Waals surface area contributed by atoms with E-state index in [2.05, 4.69) is 12.2 Å². The van der Waals surface area contributed by atoms with Crippen LogP contribution in [0.5, 0.6) is 0 Å². The Kier molecular flexibility index (Phi) is 5.18. The molecule has 2 aliphatic heterocycles. The fourth-order valence-electron chi connectivity index (χ4n) is 2.82. The molecule has 2 saturated heterocycles. The summed E-state index contributed by atoms with van der Waals surface area (Å²) in [4.78, 5) is 14.1. The van der Waals surface area contributed by atoms with Crippen molar-refractivity contribution in [2.24, 2.45) is 11.8 Å². The molecule has 0 saturated carbocycles. The molecule has 1 N–H and O–H groups in total. The van der Waals surface area contributed by atoms with Crippen molar-refractivity contribution in [1.29, 1.82) is 0 Å². The van der Waals surface area contributed by atoms with Crippen LogP contribution in [0.15, 0.2) is 0 Å². The number of amides is 1. The minimum absolute atomic E-state index is 0.254. The second kappa shape index (κ2) is 6.66. The van der Waals surface area contributed by atoms with Crippen molar-refractivity contribution in [2.45, 2.75) is 26.2 Å². The Bertz CT molecular complexity index is 306. The molecule has 0 spiro atoms. The SMILES string of the molecule is CC(CC(=O)N1CCS(=O)CC1)C1CCCNC1. The van der Waals surface area contributed by atoms with Gasteiger partial charge in [0.05, 0.1) is 0 Å². The van der Waals surface area contributed by atoms with Crippen molar-refractivity contribution in [3.63, 3.8) is 0 Å². The van der Waals surface area contributed by atoms with Gasteiger partial charge in [-0.3, -0.25) is 9.00 Å². The first-order valence-electron chi connectivity index (χ1n) is 7.00. The maximum atomic E-state index is 12.2. The normalized spacial score (nSPS) is 28.1. The summed E-state index contributed by atoms with van der Waals surface area (Å²) in [5.41, 5.74) is 0. The van der Waals surface area contributed by atoms with E-state index in [1.807, 2.05) is 4.90 Å². The van der Waals surface area contributed by atoms with Crippen molar-refractivity contribution in [2.75, 3.05) is 37.7 Å². The predicted molar refractivity (Wildman–Crippen MR) is 73.8 cm³/mol. The van der Waals surface area contributed by atoms with Gasteiger partial charge in [-0.2, -0.15) is 0 Å². The number of carbonyl (C=O) groups excluding carboxylic acids is 1. The average Bonchev–Trinajstić information content (AvgIpc) is 2.40. The standard InChI is InChI=1S/C13H24N2O2S/c1-11(12-3-2-4-14-10-12)9-13(16)15-5-7-18(17)8-6-15/h11-12,14H,2-10H2,1H3. The summed E-state index contributed by atoms with van der Waals surface area (Å²) in [5, 5.41) is 3.41. The number of hydrogen-bond donors (Lipinski definition) is 1. The highest BCUT2D eigenvalue weighted by atomic mass is 32.2. The molecule has 2 rings (SSSR count). The Morgan fingerprint density at radius 3 is 2.78 bits per heavy atom. The lowest BCUT2D eigenvalue weighted by molar-refractivity contribution is -0.132. The number of hydrogen-bond acceptors (Lipinski definition) is 3. The molecule has 2 heterocycles. The molecule has 104 valence electrons. The molecule has 2 atom stereocenters. The van der Waals surface area contributed by atoms with Crippen LogP contribution in [-0.2, 0) is 15.6 Å². The molecular formula is C13H24N2O2S. The van der Waals surface area contributed by atoms with Crippen LogP contribution in [0.3, 0.4) is 0 Å². The van der Waals surface area contributed by atoms with Crippen LogP contribution in [0.2, 0.25) is 0 Å². The number of carbonyl (C=O) groups is 1. The van der Waals surface area contributed by atoms with Gasteiger partial charge >= 0.3 is 0 Å². The lowest BCUT2D eigenvalue weighted by Gasteiger charge is -2.31. The fourth-order valence-corrected chi connectivity index (χ4v) is 3.88. The Morgan fingerprint density at radius 1 is 1.44 bits per heavy atom. The third-order valence-electron chi connectivity index (χ3n) is 4.17. The molecule has 0 bridgehead atoms. The molecule has 0 radical (unpaired) electrons. The minimum atomic E-state index is -0.698. The van der Waals surface area contributed by atoms with E-state index in [4.69, 9.17) is 0 Å². The molecule has 18 heavy (non-hydrogen) atoms. The van der Waals surface area contributed by atoms with Gasteiger partial charge in [0.25, 0.3) is 0 Å². The fraction of sp³-hybridized carbons (Fsp3) is 0.923. The Hall–Kier alpha value is -0.420. The number of rotatable bonds is 3. The van der Waals surface area contributed by atoms with Crippen molar-refractivity contribution in [3.8, 4) is 0 Å². The summed E-state index contributed by atoms with van der Waals surface area (Å²) in [6.45, 7) is 5.73. The van der Waals surface area contributed by atoms with E-state index < -0.39 is 10.8 Å². The van der Waals surface area contributed by atoms with Gasteiger partial charge in [0, 0.05) is 41.8 Å². The third kappa shape index (κ3) is 3.79. The van der Waals surface area contributed by atoms with Gasteiger partial charge in [0.2, 0.25) is 5.91 Å². The summed E-state index contributed by atoms with van der Waals surface area (Å²) in [7, 11) is -0.698. The summed E-state index contributed by atoms with van der Waals surface area (Å²) < 4.78 is 11.3. The van der Waals surface area contributed by atoms with Crippen molar-refractivity contribution < 1.29 is 9.00 Å². The summed E-state index contributed by atoms with van der Waals surface area (Å²) >= 11 is 0. The molecule has 4 nitrogen and oxygen atoms in total. The summed E-state index contributed by atoms with van der Waals surface area (Å²) in [6.07, 6.45) is 3.12. The monoisotopic (exact) mass is 272 g/mol. The topological polar surface area (TPSA) is 49.4 Å². The van der Waals surface area contributed by atoms with Crippen molar-refractivity contribution in [3.05, 3.63) is 0 Å². The highest BCUT2D eigenvalue weighted by Gasteiger charge is 2.25. The third-order valence-corrected chi connectivity index (χ3v) is 5.44. The molecular weight excluding hydrogens is 248 g/mol. The zero-order chi connectivity index (χ0) is 13.0. The molecule has 2 aliphatic rings. The molecule has 1 amide bonds. The second-order valence-electron chi connectivity index (χ2n) is 5.52.